The second-order valence-electron chi connectivity index (χ2n) is 3.34. The number of halogens is 2. The van der Waals surface area contributed by atoms with E-state index >= 15 is 0 Å². The van der Waals surface area contributed by atoms with Crippen LogP contribution in [0.3, 0.4) is 0 Å². The van der Waals surface area contributed by atoms with Gasteiger partial charge in [0, 0.05) is 16.4 Å². The van der Waals surface area contributed by atoms with Crippen molar-refractivity contribution in [1.82, 2.24) is 4.98 Å². The molecule has 0 spiro atoms. The van der Waals surface area contributed by atoms with Crippen molar-refractivity contribution in [3.05, 3.63) is 46.8 Å². The lowest BCUT2D eigenvalue weighted by Crippen LogP contribution is -1.96. The van der Waals surface area contributed by atoms with Gasteiger partial charge in [0.25, 0.3) is 0 Å². The number of pyridine rings is 1. The Balaban J connectivity index is 2.19. The number of ether oxygens (including phenoxy) is 1. The van der Waals surface area contributed by atoms with Crippen LogP contribution in [0.5, 0.6) is 5.75 Å². The van der Waals surface area contributed by atoms with Crippen LogP contribution in [0.25, 0.3) is 0 Å². The van der Waals surface area contributed by atoms with E-state index in [0.717, 1.165) is 11.4 Å². The molecule has 0 aliphatic rings. The van der Waals surface area contributed by atoms with Gasteiger partial charge in [0.1, 0.15) is 5.75 Å². The van der Waals surface area contributed by atoms with E-state index in [0.29, 0.717) is 4.47 Å². The SMILES string of the molecule is COc1ccc(Nc2ncc(Br)cc2F)cc1. The van der Waals surface area contributed by atoms with E-state index in [-0.39, 0.29) is 5.82 Å². The maximum Gasteiger partial charge on any atom is 0.166 e. The monoisotopic (exact) mass is 296 g/mol. The van der Waals surface area contributed by atoms with Gasteiger partial charge in [-0.1, -0.05) is 0 Å². The van der Waals surface area contributed by atoms with E-state index in [1.807, 2.05) is 0 Å². The molecule has 2 aromatic rings. The lowest BCUT2D eigenvalue weighted by molar-refractivity contribution is 0.415. The summed E-state index contributed by atoms with van der Waals surface area (Å²) in [5, 5.41) is 2.89. The summed E-state index contributed by atoms with van der Waals surface area (Å²) in [6.07, 6.45) is 1.54. The summed E-state index contributed by atoms with van der Waals surface area (Å²) >= 11 is 3.15. The highest BCUT2D eigenvalue weighted by Gasteiger charge is 2.04. The van der Waals surface area contributed by atoms with Gasteiger partial charge in [-0.05, 0) is 46.3 Å². The Labute approximate surface area is 107 Å². The second-order valence-corrected chi connectivity index (χ2v) is 4.25. The van der Waals surface area contributed by atoms with Crippen LogP contribution >= 0.6 is 15.9 Å². The van der Waals surface area contributed by atoms with E-state index in [4.69, 9.17) is 4.74 Å². The summed E-state index contributed by atoms with van der Waals surface area (Å²) in [7, 11) is 1.60. The van der Waals surface area contributed by atoms with Crippen LogP contribution in [-0.4, -0.2) is 12.1 Å². The van der Waals surface area contributed by atoms with Gasteiger partial charge in [0.15, 0.2) is 11.6 Å². The minimum atomic E-state index is -0.407. The molecule has 0 amide bonds. The van der Waals surface area contributed by atoms with Crippen molar-refractivity contribution >= 4 is 27.4 Å². The highest BCUT2D eigenvalue weighted by Crippen LogP contribution is 2.22. The number of anilines is 2. The summed E-state index contributed by atoms with van der Waals surface area (Å²) in [6.45, 7) is 0. The average molecular weight is 297 g/mol. The van der Waals surface area contributed by atoms with Gasteiger partial charge < -0.3 is 10.1 Å². The number of nitrogens with zero attached hydrogens (tertiary/aromatic N) is 1. The first-order chi connectivity index (χ1) is 8.19. The summed E-state index contributed by atoms with van der Waals surface area (Å²) in [5.74, 6) is 0.536. The van der Waals surface area contributed by atoms with E-state index < -0.39 is 5.82 Å². The van der Waals surface area contributed by atoms with Gasteiger partial charge in [0.05, 0.1) is 7.11 Å². The number of benzene rings is 1. The number of rotatable bonds is 3. The average Bonchev–Trinajstić information content (AvgIpc) is 2.34. The maximum atomic E-state index is 13.5. The molecular weight excluding hydrogens is 287 g/mol. The third-order valence-electron chi connectivity index (χ3n) is 2.16. The second kappa shape index (κ2) is 5.14. The van der Waals surface area contributed by atoms with Crippen LogP contribution < -0.4 is 10.1 Å². The molecule has 88 valence electrons. The number of hydrogen-bond donors (Lipinski definition) is 1. The molecule has 1 aromatic carbocycles. The van der Waals surface area contributed by atoms with Gasteiger partial charge in [-0.25, -0.2) is 9.37 Å². The van der Waals surface area contributed by atoms with Crippen LogP contribution in [0, 0.1) is 5.82 Å². The van der Waals surface area contributed by atoms with Gasteiger partial charge in [-0.15, -0.1) is 0 Å². The molecule has 0 saturated carbocycles. The Morgan fingerprint density at radius 3 is 2.59 bits per heavy atom. The Bertz CT molecular complexity index is 516. The van der Waals surface area contributed by atoms with Crippen molar-refractivity contribution in [1.29, 1.82) is 0 Å². The van der Waals surface area contributed by atoms with Crippen molar-refractivity contribution in [2.24, 2.45) is 0 Å². The largest absolute Gasteiger partial charge is 0.497 e. The first-order valence-corrected chi connectivity index (χ1v) is 5.70. The number of hydrogen-bond acceptors (Lipinski definition) is 3. The third-order valence-corrected chi connectivity index (χ3v) is 2.59. The Kier molecular flexibility index (Phi) is 3.58. The fourth-order valence-corrected chi connectivity index (χ4v) is 1.62. The Hall–Kier alpha value is -1.62. The number of aromatic nitrogens is 1. The lowest BCUT2D eigenvalue weighted by atomic mass is 10.3. The highest BCUT2D eigenvalue weighted by molar-refractivity contribution is 9.10. The first kappa shape index (κ1) is 11.9. The zero-order chi connectivity index (χ0) is 12.3. The molecule has 0 bridgehead atoms. The molecule has 1 heterocycles. The van der Waals surface area contributed by atoms with E-state index in [1.165, 1.54) is 12.3 Å². The molecule has 0 saturated heterocycles. The lowest BCUT2D eigenvalue weighted by Gasteiger charge is -2.07. The van der Waals surface area contributed by atoms with Gasteiger partial charge >= 0.3 is 0 Å². The molecule has 0 aliphatic carbocycles. The molecule has 17 heavy (non-hydrogen) atoms. The standard InChI is InChI=1S/C12H10BrFN2O/c1-17-10-4-2-9(3-5-10)16-12-11(14)6-8(13)7-15-12/h2-7H,1H3,(H,15,16). The quantitative estimate of drug-likeness (QED) is 0.937. The van der Waals surface area contributed by atoms with Crippen LogP contribution in [-0.2, 0) is 0 Å². The smallest absolute Gasteiger partial charge is 0.166 e. The normalized spacial score (nSPS) is 10.1. The third kappa shape index (κ3) is 2.94. The highest BCUT2D eigenvalue weighted by atomic mass is 79.9. The van der Waals surface area contributed by atoms with E-state index in [1.54, 1.807) is 31.4 Å². The molecule has 1 N–H and O–H groups in total. The van der Waals surface area contributed by atoms with Crippen molar-refractivity contribution in [2.45, 2.75) is 0 Å². The molecule has 0 unspecified atom stereocenters. The molecule has 1 aromatic heterocycles. The van der Waals surface area contributed by atoms with E-state index in [9.17, 15) is 4.39 Å². The maximum absolute atomic E-state index is 13.5. The molecule has 3 nitrogen and oxygen atoms in total. The van der Waals surface area contributed by atoms with Crippen LogP contribution in [0.4, 0.5) is 15.9 Å². The molecule has 0 aliphatic heterocycles. The van der Waals surface area contributed by atoms with Crippen molar-refractivity contribution in [3.8, 4) is 5.75 Å². The van der Waals surface area contributed by atoms with Crippen molar-refractivity contribution in [3.63, 3.8) is 0 Å². The molecule has 5 heteroatoms. The predicted octanol–water partition coefficient (Wildman–Crippen LogP) is 3.74. The van der Waals surface area contributed by atoms with Crippen molar-refractivity contribution in [2.75, 3.05) is 12.4 Å². The fourth-order valence-electron chi connectivity index (χ4n) is 1.32. The fraction of sp³-hybridized carbons (Fsp3) is 0.0833. The van der Waals surface area contributed by atoms with Gasteiger partial charge in [-0.3, -0.25) is 0 Å². The molecule has 0 fully saturated rings. The minimum Gasteiger partial charge on any atom is -0.497 e. The molecule has 0 radical (unpaired) electrons. The Morgan fingerprint density at radius 2 is 2.00 bits per heavy atom. The molecule has 0 atom stereocenters. The Morgan fingerprint density at radius 1 is 1.29 bits per heavy atom. The van der Waals surface area contributed by atoms with Crippen LogP contribution in [0.15, 0.2) is 41.0 Å². The minimum absolute atomic E-state index is 0.193. The zero-order valence-electron chi connectivity index (χ0n) is 9.08. The summed E-state index contributed by atoms with van der Waals surface area (Å²) < 4.78 is 19.1. The predicted molar refractivity (Wildman–Crippen MR) is 68.2 cm³/mol. The van der Waals surface area contributed by atoms with Gasteiger partial charge in [0.2, 0.25) is 0 Å². The van der Waals surface area contributed by atoms with Crippen molar-refractivity contribution < 1.29 is 9.13 Å². The topological polar surface area (TPSA) is 34.1 Å². The number of methoxy groups -OCH3 is 1. The van der Waals surface area contributed by atoms with Gasteiger partial charge in [-0.2, -0.15) is 0 Å². The molecular formula is C12H10BrFN2O. The summed E-state index contributed by atoms with van der Waals surface area (Å²) in [6, 6.07) is 8.53. The molecule has 2 rings (SSSR count). The van der Waals surface area contributed by atoms with Crippen LogP contribution in [0.1, 0.15) is 0 Å². The first-order valence-electron chi connectivity index (χ1n) is 4.91. The number of nitrogens with one attached hydrogen (secondary N) is 1. The summed E-state index contributed by atoms with van der Waals surface area (Å²) in [4.78, 5) is 3.95. The van der Waals surface area contributed by atoms with E-state index in [2.05, 4.69) is 26.2 Å². The van der Waals surface area contributed by atoms with Crippen LogP contribution in [0.2, 0.25) is 0 Å². The summed E-state index contributed by atoms with van der Waals surface area (Å²) in [5.41, 5.74) is 0.750. The zero-order valence-corrected chi connectivity index (χ0v) is 10.7.